The van der Waals surface area contributed by atoms with Crippen LogP contribution in [0.1, 0.15) is 32.1 Å². The number of likely N-dealkylation sites (N-methyl/N-ethyl adjacent to an activating group) is 1. The van der Waals surface area contributed by atoms with Gasteiger partial charge in [0.25, 0.3) is 0 Å². The summed E-state index contributed by atoms with van der Waals surface area (Å²) in [5, 5.41) is 3.56. The summed E-state index contributed by atoms with van der Waals surface area (Å²) in [5.41, 5.74) is 0. The molecule has 3 heteroatoms. The van der Waals surface area contributed by atoms with Crippen LogP contribution in [0, 0.1) is 0 Å². The molecule has 0 aromatic carbocycles. The van der Waals surface area contributed by atoms with Gasteiger partial charge >= 0.3 is 0 Å². The maximum atomic E-state index is 5.60. The average Bonchev–Trinajstić information content (AvgIpc) is 2.85. The number of likely N-dealkylation sites (tertiary alicyclic amines) is 1. The zero-order chi connectivity index (χ0) is 10.5. The Kier molecular flexibility index (Phi) is 4.42. The summed E-state index contributed by atoms with van der Waals surface area (Å²) >= 11 is 0. The molecule has 0 saturated carbocycles. The lowest BCUT2D eigenvalue weighted by atomic mass is 10.2. The molecule has 0 aromatic rings. The van der Waals surface area contributed by atoms with Gasteiger partial charge in [0.1, 0.15) is 0 Å². The highest BCUT2D eigenvalue weighted by Gasteiger charge is 2.20. The topological polar surface area (TPSA) is 24.5 Å². The molecule has 2 unspecified atom stereocenters. The van der Waals surface area contributed by atoms with Crippen LogP contribution in [0.2, 0.25) is 0 Å². The van der Waals surface area contributed by atoms with Crippen LogP contribution >= 0.6 is 0 Å². The highest BCUT2D eigenvalue weighted by molar-refractivity contribution is 4.78. The van der Waals surface area contributed by atoms with E-state index in [0.717, 1.165) is 25.7 Å². The molecule has 0 aliphatic carbocycles. The minimum atomic E-state index is 0.541. The fourth-order valence-corrected chi connectivity index (χ4v) is 2.64. The van der Waals surface area contributed by atoms with Gasteiger partial charge in [-0.25, -0.2) is 0 Å². The second kappa shape index (κ2) is 5.83. The van der Waals surface area contributed by atoms with Gasteiger partial charge in [0.15, 0.2) is 0 Å². The summed E-state index contributed by atoms with van der Waals surface area (Å²) in [4.78, 5) is 2.47. The van der Waals surface area contributed by atoms with Gasteiger partial charge in [0.2, 0.25) is 0 Å². The molecular weight excluding hydrogens is 188 g/mol. The molecule has 1 N–H and O–H groups in total. The third kappa shape index (κ3) is 3.44. The van der Waals surface area contributed by atoms with Gasteiger partial charge in [-0.15, -0.1) is 0 Å². The molecule has 0 spiro atoms. The van der Waals surface area contributed by atoms with Crippen LogP contribution in [0.25, 0.3) is 0 Å². The molecule has 15 heavy (non-hydrogen) atoms. The van der Waals surface area contributed by atoms with Crippen molar-refractivity contribution in [3.05, 3.63) is 0 Å². The van der Waals surface area contributed by atoms with Crippen molar-refractivity contribution >= 4 is 0 Å². The van der Waals surface area contributed by atoms with Gasteiger partial charge < -0.3 is 15.0 Å². The van der Waals surface area contributed by atoms with E-state index < -0.39 is 0 Å². The van der Waals surface area contributed by atoms with Gasteiger partial charge in [-0.2, -0.15) is 0 Å². The Labute approximate surface area is 93.2 Å². The Morgan fingerprint density at radius 3 is 2.93 bits per heavy atom. The minimum absolute atomic E-state index is 0.541. The van der Waals surface area contributed by atoms with Crippen molar-refractivity contribution in [3.63, 3.8) is 0 Å². The zero-order valence-corrected chi connectivity index (χ0v) is 9.87. The van der Waals surface area contributed by atoms with Crippen molar-refractivity contribution in [2.75, 3.05) is 33.3 Å². The van der Waals surface area contributed by atoms with E-state index >= 15 is 0 Å². The molecule has 2 aliphatic heterocycles. The molecule has 0 amide bonds. The smallest absolute Gasteiger partial charge is 0.0588 e. The third-order valence-corrected chi connectivity index (χ3v) is 3.72. The normalized spacial score (nSPS) is 32.6. The van der Waals surface area contributed by atoms with E-state index in [1.165, 1.54) is 38.6 Å². The van der Waals surface area contributed by atoms with Crippen molar-refractivity contribution in [1.82, 2.24) is 10.2 Å². The van der Waals surface area contributed by atoms with E-state index in [1.54, 1.807) is 0 Å². The molecule has 88 valence electrons. The molecule has 0 bridgehead atoms. The Hall–Kier alpha value is -0.120. The Bertz CT molecular complexity index is 180. The van der Waals surface area contributed by atoms with Gasteiger partial charge in [-0.1, -0.05) is 0 Å². The van der Waals surface area contributed by atoms with Gasteiger partial charge in [0.05, 0.1) is 6.10 Å². The molecule has 2 rings (SSSR count). The van der Waals surface area contributed by atoms with Gasteiger partial charge in [-0.3, -0.25) is 0 Å². The molecule has 3 nitrogen and oxygen atoms in total. The molecular formula is C12H24N2O. The van der Waals surface area contributed by atoms with Gasteiger partial charge in [-0.05, 0) is 52.2 Å². The lowest BCUT2D eigenvalue weighted by Gasteiger charge is -2.20. The molecule has 2 fully saturated rings. The van der Waals surface area contributed by atoms with E-state index in [1.807, 2.05) is 0 Å². The molecule has 0 radical (unpaired) electrons. The van der Waals surface area contributed by atoms with Crippen molar-refractivity contribution in [3.8, 4) is 0 Å². The van der Waals surface area contributed by atoms with Crippen molar-refractivity contribution < 1.29 is 4.74 Å². The van der Waals surface area contributed by atoms with E-state index in [0.29, 0.717) is 6.10 Å². The quantitative estimate of drug-likeness (QED) is 0.694. The second-order valence-electron chi connectivity index (χ2n) is 4.90. The van der Waals surface area contributed by atoms with Crippen LogP contribution in [0.15, 0.2) is 0 Å². The first-order chi connectivity index (χ1) is 7.36. The van der Waals surface area contributed by atoms with Crippen molar-refractivity contribution in [1.29, 1.82) is 0 Å². The minimum Gasteiger partial charge on any atom is -0.378 e. The predicted molar refractivity (Wildman–Crippen MR) is 62.1 cm³/mol. The number of rotatable bonds is 5. The first-order valence-corrected chi connectivity index (χ1v) is 6.39. The maximum absolute atomic E-state index is 5.60. The fraction of sp³-hybridized carbons (Fsp3) is 1.00. The lowest BCUT2D eigenvalue weighted by Crippen LogP contribution is -2.36. The largest absolute Gasteiger partial charge is 0.378 e. The van der Waals surface area contributed by atoms with E-state index in [-0.39, 0.29) is 0 Å². The van der Waals surface area contributed by atoms with Crippen molar-refractivity contribution in [2.45, 2.75) is 44.2 Å². The summed E-state index contributed by atoms with van der Waals surface area (Å²) in [7, 11) is 2.24. The van der Waals surface area contributed by atoms with Crippen LogP contribution < -0.4 is 5.32 Å². The molecule has 2 atom stereocenters. The van der Waals surface area contributed by atoms with Crippen LogP contribution in [0.4, 0.5) is 0 Å². The molecule has 2 aliphatic rings. The van der Waals surface area contributed by atoms with E-state index in [2.05, 4.69) is 17.3 Å². The Morgan fingerprint density at radius 1 is 1.33 bits per heavy atom. The third-order valence-electron chi connectivity index (χ3n) is 3.72. The zero-order valence-electron chi connectivity index (χ0n) is 9.87. The number of hydrogen-bond donors (Lipinski definition) is 1. The summed E-state index contributed by atoms with van der Waals surface area (Å²) in [6.07, 6.45) is 6.99. The summed E-state index contributed by atoms with van der Waals surface area (Å²) in [6, 6.07) is 0.773. The monoisotopic (exact) mass is 212 g/mol. The number of ether oxygens (including phenoxy) is 1. The summed E-state index contributed by atoms with van der Waals surface area (Å²) in [5.74, 6) is 0. The predicted octanol–water partition coefficient (Wildman–Crippen LogP) is 1.24. The number of nitrogens with one attached hydrogen (secondary N) is 1. The molecule has 2 heterocycles. The number of nitrogens with zero attached hydrogens (tertiary/aromatic N) is 1. The first kappa shape index (κ1) is 11.4. The Balaban J connectivity index is 1.51. The van der Waals surface area contributed by atoms with Crippen LogP contribution in [-0.4, -0.2) is 50.3 Å². The van der Waals surface area contributed by atoms with Gasteiger partial charge in [0, 0.05) is 19.2 Å². The second-order valence-corrected chi connectivity index (χ2v) is 4.90. The maximum Gasteiger partial charge on any atom is 0.0588 e. The highest BCUT2D eigenvalue weighted by atomic mass is 16.5. The van der Waals surface area contributed by atoms with Crippen molar-refractivity contribution in [2.24, 2.45) is 0 Å². The van der Waals surface area contributed by atoms with Crippen LogP contribution in [0.5, 0.6) is 0 Å². The SMILES string of the molecule is CN1CCCC1CNCCC1CCCO1. The lowest BCUT2D eigenvalue weighted by molar-refractivity contribution is 0.104. The van der Waals surface area contributed by atoms with E-state index in [9.17, 15) is 0 Å². The fourth-order valence-electron chi connectivity index (χ4n) is 2.64. The Morgan fingerprint density at radius 2 is 2.27 bits per heavy atom. The highest BCUT2D eigenvalue weighted by Crippen LogP contribution is 2.15. The summed E-state index contributed by atoms with van der Waals surface area (Å²) in [6.45, 7) is 4.53. The molecule has 0 aromatic heterocycles. The van der Waals surface area contributed by atoms with Crippen LogP contribution in [-0.2, 0) is 4.74 Å². The molecule has 2 saturated heterocycles. The standard InChI is InChI=1S/C12H24N2O/c1-14-8-2-4-11(14)10-13-7-6-12-5-3-9-15-12/h11-13H,2-10H2,1H3. The average molecular weight is 212 g/mol. The van der Waals surface area contributed by atoms with E-state index in [4.69, 9.17) is 4.74 Å². The summed E-state index contributed by atoms with van der Waals surface area (Å²) < 4.78 is 5.60. The number of hydrogen-bond acceptors (Lipinski definition) is 3. The van der Waals surface area contributed by atoms with Crippen LogP contribution in [0.3, 0.4) is 0 Å². The first-order valence-electron chi connectivity index (χ1n) is 6.39.